The summed E-state index contributed by atoms with van der Waals surface area (Å²) < 4.78 is 1.53. The molecule has 0 saturated heterocycles. The molecule has 0 N–H and O–H groups in total. The fraction of sp³-hybridized carbons (Fsp3) is 0.200. The zero-order valence-corrected chi connectivity index (χ0v) is 11.4. The molecule has 1 heterocycles. The number of rotatable bonds is 4. The molecular formula is C15H15N3O2. The van der Waals surface area contributed by atoms with Gasteiger partial charge in [0.1, 0.15) is 0 Å². The van der Waals surface area contributed by atoms with E-state index in [9.17, 15) is 9.59 Å². The largest absolute Gasteiger partial charge is 0.300 e. The van der Waals surface area contributed by atoms with Gasteiger partial charge in [0.05, 0.1) is 5.69 Å². The highest BCUT2D eigenvalue weighted by atomic mass is 16.1. The number of hydrogen-bond acceptors (Lipinski definition) is 4. The van der Waals surface area contributed by atoms with Crippen molar-refractivity contribution in [1.29, 1.82) is 0 Å². The van der Waals surface area contributed by atoms with Gasteiger partial charge in [0.25, 0.3) is 0 Å². The molecule has 102 valence electrons. The van der Waals surface area contributed by atoms with Gasteiger partial charge in [0.2, 0.25) is 5.43 Å². The van der Waals surface area contributed by atoms with E-state index in [1.807, 2.05) is 31.2 Å². The topological polar surface area (TPSA) is 64.3 Å². The Kier molecular flexibility index (Phi) is 4.20. The summed E-state index contributed by atoms with van der Waals surface area (Å²) in [4.78, 5) is 27.4. The van der Waals surface area contributed by atoms with E-state index in [0.717, 1.165) is 11.3 Å². The molecule has 0 atom stereocenters. The third kappa shape index (κ3) is 3.06. The number of benzene rings is 1. The van der Waals surface area contributed by atoms with E-state index >= 15 is 0 Å². The molecule has 0 aliphatic heterocycles. The van der Waals surface area contributed by atoms with Crippen molar-refractivity contribution in [2.24, 2.45) is 4.99 Å². The Hall–Kier alpha value is -2.56. The van der Waals surface area contributed by atoms with Gasteiger partial charge in [-0.15, -0.1) is 0 Å². The van der Waals surface area contributed by atoms with E-state index in [0.29, 0.717) is 0 Å². The molecule has 1 aromatic carbocycles. The van der Waals surface area contributed by atoms with Gasteiger partial charge in [-0.1, -0.05) is 12.1 Å². The van der Waals surface area contributed by atoms with Crippen LogP contribution in [0, 0.1) is 6.92 Å². The molecule has 0 unspecified atom stereocenters. The minimum absolute atomic E-state index is 0.0612. The van der Waals surface area contributed by atoms with Crippen molar-refractivity contribution < 1.29 is 4.79 Å². The van der Waals surface area contributed by atoms with Gasteiger partial charge >= 0.3 is 0 Å². The fourth-order valence-electron chi connectivity index (χ4n) is 1.79. The molecule has 5 nitrogen and oxygen atoms in total. The van der Waals surface area contributed by atoms with Gasteiger partial charge in [0, 0.05) is 31.9 Å². The predicted molar refractivity (Wildman–Crippen MR) is 77.9 cm³/mol. The first kappa shape index (κ1) is 13.9. The van der Waals surface area contributed by atoms with E-state index in [1.165, 1.54) is 17.0 Å². The molecule has 1 aromatic heterocycles. The molecule has 0 bridgehead atoms. The third-order valence-corrected chi connectivity index (χ3v) is 2.80. The molecular weight excluding hydrogens is 254 g/mol. The Balaban J connectivity index is 2.43. The molecule has 0 aliphatic carbocycles. The normalized spacial score (nSPS) is 10.9. The molecule has 0 spiro atoms. The number of carbonyl (C=O) groups excluding carboxylic acids is 1. The molecule has 0 radical (unpaired) electrons. The Morgan fingerprint density at radius 3 is 2.90 bits per heavy atom. The summed E-state index contributed by atoms with van der Waals surface area (Å²) in [5.41, 5.74) is 1.45. The van der Waals surface area contributed by atoms with Crippen LogP contribution in [0.25, 0.3) is 5.69 Å². The zero-order chi connectivity index (χ0) is 14.5. The third-order valence-electron chi connectivity index (χ3n) is 2.80. The van der Waals surface area contributed by atoms with Crippen LogP contribution >= 0.6 is 0 Å². The van der Waals surface area contributed by atoms with Crippen molar-refractivity contribution in [1.82, 2.24) is 9.78 Å². The number of hydrogen-bond donors (Lipinski definition) is 0. The summed E-state index contributed by atoms with van der Waals surface area (Å²) in [6.45, 7) is 1.97. The van der Waals surface area contributed by atoms with Crippen molar-refractivity contribution in [3.05, 3.63) is 58.0 Å². The summed E-state index contributed by atoms with van der Waals surface area (Å²) in [6, 6.07) is 9.02. The first-order valence-corrected chi connectivity index (χ1v) is 6.22. The van der Waals surface area contributed by atoms with Crippen LogP contribution in [-0.4, -0.2) is 28.8 Å². The molecule has 2 aromatic rings. The molecule has 2 rings (SSSR count). The summed E-state index contributed by atoms with van der Waals surface area (Å²) in [6.07, 6.45) is 3.10. The lowest BCUT2D eigenvalue weighted by Gasteiger charge is -2.07. The number of aromatic nitrogens is 2. The van der Waals surface area contributed by atoms with Crippen molar-refractivity contribution in [2.75, 3.05) is 7.05 Å². The average Bonchev–Trinajstić information content (AvgIpc) is 2.45. The van der Waals surface area contributed by atoms with Crippen LogP contribution < -0.4 is 5.43 Å². The number of carbonyl (C=O) groups is 1. The Bertz CT molecular complexity index is 717. The van der Waals surface area contributed by atoms with Gasteiger partial charge in [-0.05, 0) is 24.6 Å². The van der Waals surface area contributed by atoms with Gasteiger partial charge < -0.3 is 4.99 Å². The minimum atomic E-state index is -0.372. The second kappa shape index (κ2) is 6.06. The Morgan fingerprint density at radius 1 is 1.40 bits per heavy atom. The smallest absolute Gasteiger partial charge is 0.211 e. The lowest BCUT2D eigenvalue weighted by atomic mass is 10.2. The highest BCUT2D eigenvalue weighted by Gasteiger charge is 2.12. The fourth-order valence-corrected chi connectivity index (χ4v) is 1.79. The quantitative estimate of drug-likeness (QED) is 0.628. The second-order valence-electron chi connectivity index (χ2n) is 4.38. The maximum absolute atomic E-state index is 11.9. The van der Waals surface area contributed by atoms with Crippen LogP contribution in [0.4, 0.5) is 0 Å². The van der Waals surface area contributed by atoms with Gasteiger partial charge in [-0.2, -0.15) is 5.10 Å². The summed E-state index contributed by atoms with van der Waals surface area (Å²) in [7, 11) is 1.58. The SMILES string of the molecule is CN=CCC(=O)c1nn(-c2cccc(C)c2)ccc1=O. The van der Waals surface area contributed by atoms with Crippen molar-refractivity contribution >= 4 is 12.0 Å². The minimum Gasteiger partial charge on any atom is -0.300 e. The standard InChI is InChI=1S/C15H15N3O2/c1-11-4-3-5-12(10-11)18-9-7-14(20)15(17-18)13(19)6-8-16-2/h3-5,7-10H,6H2,1-2H3. The summed E-state index contributed by atoms with van der Waals surface area (Å²) in [5, 5.41) is 4.13. The number of ketones is 1. The lowest BCUT2D eigenvalue weighted by molar-refractivity contribution is 0.0994. The number of Topliss-reactive ketones (excluding diaryl/α,β-unsaturated/α-hetero) is 1. The molecule has 0 saturated carbocycles. The van der Waals surface area contributed by atoms with Gasteiger partial charge in [-0.3, -0.25) is 9.59 Å². The van der Waals surface area contributed by atoms with Crippen molar-refractivity contribution in [3.63, 3.8) is 0 Å². The molecule has 0 fully saturated rings. The van der Waals surface area contributed by atoms with Crippen molar-refractivity contribution in [3.8, 4) is 5.69 Å². The van der Waals surface area contributed by atoms with E-state index < -0.39 is 0 Å². The molecule has 0 amide bonds. The maximum Gasteiger partial charge on any atom is 0.211 e. The monoisotopic (exact) mass is 269 g/mol. The average molecular weight is 269 g/mol. The van der Waals surface area contributed by atoms with Gasteiger partial charge in [-0.25, -0.2) is 4.68 Å². The summed E-state index contributed by atoms with van der Waals surface area (Å²) >= 11 is 0. The van der Waals surface area contributed by atoms with E-state index in [4.69, 9.17) is 0 Å². The number of aliphatic imine (C=N–C) groups is 1. The highest BCUT2D eigenvalue weighted by molar-refractivity contribution is 6.02. The Morgan fingerprint density at radius 2 is 2.20 bits per heavy atom. The predicted octanol–water partition coefficient (Wildman–Crippen LogP) is 1.81. The number of aryl methyl sites for hydroxylation is 1. The maximum atomic E-state index is 11.9. The van der Waals surface area contributed by atoms with Crippen LogP contribution in [0.3, 0.4) is 0 Å². The van der Waals surface area contributed by atoms with Crippen molar-refractivity contribution in [2.45, 2.75) is 13.3 Å². The van der Waals surface area contributed by atoms with E-state index in [-0.39, 0.29) is 23.3 Å². The van der Waals surface area contributed by atoms with Gasteiger partial charge in [0.15, 0.2) is 11.5 Å². The summed E-state index contributed by atoms with van der Waals surface area (Å²) in [5.74, 6) is -0.331. The van der Waals surface area contributed by atoms with Crippen LogP contribution in [0.2, 0.25) is 0 Å². The number of nitrogens with zero attached hydrogens (tertiary/aromatic N) is 3. The lowest BCUT2D eigenvalue weighted by Crippen LogP contribution is -2.20. The second-order valence-corrected chi connectivity index (χ2v) is 4.38. The molecule has 5 heteroatoms. The Labute approximate surface area is 116 Å². The van der Waals surface area contributed by atoms with E-state index in [1.54, 1.807) is 13.2 Å². The van der Waals surface area contributed by atoms with Crippen LogP contribution in [0.1, 0.15) is 22.5 Å². The van der Waals surface area contributed by atoms with Crippen LogP contribution in [-0.2, 0) is 0 Å². The van der Waals surface area contributed by atoms with Crippen LogP contribution in [0.15, 0.2) is 46.3 Å². The zero-order valence-electron chi connectivity index (χ0n) is 11.4. The first-order chi connectivity index (χ1) is 9.61. The molecule has 20 heavy (non-hydrogen) atoms. The van der Waals surface area contributed by atoms with Crippen LogP contribution in [0.5, 0.6) is 0 Å². The first-order valence-electron chi connectivity index (χ1n) is 6.22. The molecule has 0 aliphatic rings. The highest BCUT2D eigenvalue weighted by Crippen LogP contribution is 2.08. The van der Waals surface area contributed by atoms with E-state index in [2.05, 4.69) is 10.1 Å².